The van der Waals surface area contributed by atoms with Crippen LogP contribution in [0.1, 0.15) is 39.0 Å². The second kappa shape index (κ2) is 9.68. The summed E-state index contributed by atoms with van der Waals surface area (Å²) in [7, 11) is 0. The molecule has 6 nitrogen and oxygen atoms in total. The predicted molar refractivity (Wildman–Crippen MR) is 107 cm³/mol. The Balaban J connectivity index is 1.44. The first-order chi connectivity index (χ1) is 14.2. The summed E-state index contributed by atoms with van der Waals surface area (Å²) in [6.45, 7) is 2.49. The first-order valence-corrected chi connectivity index (χ1v) is 10.5. The molecular weight excluding hydrogens is 397 g/mol. The van der Waals surface area contributed by atoms with Crippen LogP contribution in [0.4, 0.5) is 23.7 Å². The lowest BCUT2D eigenvalue weighted by Gasteiger charge is -2.35. The van der Waals surface area contributed by atoms with Crippen LogP contribution in [0.2, 0.25) is 0 Å². The summed E-state index contributed by atoms with van der Waals surface area (Å²) in [5.41, 5.74) is 6.10. The molecule has 1 aliphatic carbocycles. The predicted octanol–water partition coefficient (Wildman–Crippen LogP) is 3.18. The van der Waals surface area contributed by atoms with Gasteiger partial charge in [0.05, 0.1) is 18.3 Å². The average molecular weight is 426 g/mol. The van der Waals surface area contributed by atoms with Crippen LogP contribution in [0.3, 0.4) is 0 Å². The number of rotatable bonds is 5. The number of likely N-dealkylation sites (tertiary alicyclic amines) is 1. The highest BCUT2D eigenvalue weighted by Crippen LogP contribution is 2.32. The summed E-state index contributed by atoms with van der Waals surface area (Å²) in [5, 5.41) is 5.21. The molecule has 2 fully saturated rings. The summed E-state index contributed by atoms with van der Waals surface area (Å²) in [4.78, 5) is 26.2. The third-order valence-corrected chi connectivity index (χ3v) is 6.32. The number of urea groups is 1. The number of carbonyl (C=O) groups is 2. The van der Waals surface area contributed by atoms with Crippen LogP contribution in [0.5, 0.6) is 0 Å². The van der Waals surface area contributed by atoms with Crippen LogP contribution < -0.4 is 16.4 Å². The van der Waals surface area contributed by atoms with Gasteiger partial charge in [0, 0.05) is 18.7 Å². The topological polar surface area (TPSA) is 87.5 Å². The molecule has 0 aromatic heterocycles. The molecule has 166 valence electrons. The fourth-order valence-electron chi connectivity index (χ4n) is 4.37. The molecular formula is C21H29F3N4O2. The molecule has 1 aliphatic heterocycles. The molecule has 30 heavy (non-hydrogen) atoms. The van der Waals surface area contributed by atoms with Gasteiger partial charge in [0.15, 0.2) is 0 Å². The zero-order valence-electron chi connectivity index (χ0n) is 17.0. The molecule has 4 N–H and O–H groups in total. The number of alkyl halides is 1. The van der Waals surface area contributed by atoms with E-state index in [0.717, 1.165) is 18.9 Å². The normalized spacial score (nSPS) is 26.2. The van der Waals surface area contributed by atoms with Crippen molar-refractivity contribution >= 4 is 17.6 Å². The minimum Gasteiger partial charge on any atom is -0.338 e. The number of hydrogen-bond donors (Lipinski definition) is 3. The van der Waals surface area contributed by atoms with E-state index in [1.165, 1.54) is 11.0 Å². The smallest absolute Gasteiger partial charge is 0.319 e. The molecule has 3 rings (SSSR count). The Kier molecular flexibility index (Phi) is 7.23. The van der Waals surface area contributed by atoms with Gasteiger partial charge in [-0.25, -0.2) is 18.0 Å². The van der Waals surface area contributed by atoms with Crippen molar-refractivity contribution in [1.29, 1.82) is 0 Å². The summed E-state index contributed by atoms with van der Waals surface area (Å²) in [6.07, 6.45) is 2.42. The Morgan fingerprint density at radius 2 is 1.87 bits per heavy atom. The SMILES string of the molecule is C[C@@H](C1CCC(NC(=O)Nc2ccc(F)cc2F)CC1)[C@H](N)C(=O)N1CC[C@H](F)C1. The van der Waals surface area contributed by atoms with Crippen LogP contribution >= 0.6 is 0 Å². The van der Waals surface area contributed by atoms with Gasteiger partial charge in [0.25, 0.3) is 0 Å². The Hall–Kier alpha value is -2.29. The number of carbonyl (C=O) groups excluding carboxylic acids is 2. The number of nitrogens with zero attached hydrogens (tertiary/aromatic N) is 1. The minimum atomic E-state index is -0.965. The van der Waals surface area contributed by atoms with Crippen LogP contribution in [0.15, 0.2) is 18.2 Å². The van der Waals surface area contributed by atoms with E-state index < -0.39 is 29.9 Å². The Bertz CT molecular complexity index is 771. The maximum absolute atomic E-state index is 13.7. The lowest BCUT2D eigenvalue weighted by atomic mass is 9.76. The van der Waals surface area contributed by atoms with Gasteiger partial charge in [0.1, 0.15) is 17.8 Å². The summed E-state index contributed by atoms with van der Waals surface area (Å²) in [6, 6.07) is 1.68. The number of nitrogens with one attached hydrogen (secondary N) is 2. The van der Waals surface area contributed by atoms with Gasteiger partial charge >= 0.3 is 6.03 Å². The first kappa shape index (κ1) is 22.4. The van der Waals surface area contributed by atoms with Gasteiger partial charge in [0.2, 0.25) is 5.91 Å². The molecule has 9 heteroatoms. The molecule has 1 heterocycles. The van der Waals surface area contributed by atoms with E-state index in [-0.39, 0.29) is 36.0 Å². The maximum Gasteiger partial charge on any atom is 0.319 e. The van der Waals surface area contributed by atoms with E-state index in [9.17, 15) is 22.8 Å². The monoisotopic (exact) mass is 426 g/mol. The van der Waals surface area contributed by atoms with E-state index >= 15 is 0 Å². The number of hydrogen-bond acceptors (Lipinski definition) is 3. The molecule has 1 aromatic carbocycles. The van der Waals surface area contributed by atoms with E-state index in [2.05, 4.69) is 10.6 Å². The fourth-order valence-corrected chi connectivity index (χ4v) is 4.37. The molecule has 1 aromatic rings. The van der Waals surface area contributed by atoms with Gasteiger partial charge < -0.3 is 21.3 Å². The van der Waals surface area contributed by atoms with E-state index in [1.807, 2.05) is 6.92 Å². The first-order valence-electron chi connectivity index (χ1n) is 10.5. The van der Waals surface area contributed by atoms with Crippen LogP contribution in [0.25, 0.3) is 0 Å². The highest BCUT2D eigenvalue weighted by Gasteiger charge is 2.36. The van der Waals surface area contributed by atoms with Gasteiger partial charge in [-0.3, -0.25) is 4.79 Å². The molecule has 1 saturated carbocycles. The van der Waals surface area contributed by atoms with Crippen LogP contribution in [-0.4, -0.2) is 48.2 Å². The van der Waals surface area contributed by atoms with Gasteiger partial charge in [-0.15, -0.1) is 0 Å². The van der Waals surface area contributed by atoms with Crippen molar-refractivity contribution in [3.63, 3.8) is 0 Å². The molecule has 0 unspecified atom stereocenters. The maximum atomic E-state index is 13.7. The van der Waals surface area contributed by atoms with Crippen molar-refractivity contribution in [3.05, 3.63) is 29.8 Å². The van der Waals surface area contributed by atoms with Crippen LogP contribution in [0, 0.1) is 23.5 Å². The summed E-state index contributed by atoms with van der Waals surface area (Å²) < 4.78 is 40.0. The minimum absolute atomic E-state index is 0.0424. The van der Waals surface area contributed by atoms with Crippen molar-refractivity contribution in [2.24, 2.45) is 17.6 Å². The molecule has 3 atom stereocenters. The number of nitrogens with two attached hydrogens (primary N) is 1. The lowest BCUT2D eigenvalue weighted by Crippen LogP contribution is -2.49. The molecule has 0 radical (unpaired) electrons. The van der Waals surface area contributed by atoms with Gasteiger partial charge in [-0.05, 0) is 56.1 Å². The molecule has 0 spiro atoms. The molecule has 0 bridgehead atoms. The lowest BCUT2D eigenvalue weighted by molar-refractivity contribution is -0.133. The van der Waals surface area contributed by atoms with Crippen molar-refractivity contribution in [2.45, 2.75) is 57.3 Å². The van der Waals surface area contributed by atoms with Crippen molar-refractivity contribution in [1.82, 2.24) is 10.2 Å². The van der Waals surface area contributed by atoms with E-state index in [0.29, 0.717) is 31.9 Å². The number of anilines is 1. The molecule has 2 aliphatic rings. The van der Waals surface area contributed by atoms with Gasteiger partial charge in [-0.2, -0.15) is 0 Å². The number of benzene rings is 1. The zero-order chi connectivity index (χ0) is 21.8. The largest absolute Gasteiger partial charge is 0.338 e. The molecule has 3 amide bonds. The van der Waals surface area contributed by atoms with Crippen molar-refractivity contribution in [3.8, 4) is 0 Å². The highest BCUT2D eigenvalue weighted by molar-refractivity contribution is 5.89. The number of halogens is 3. The third kappa shape index (κ3) is 5.44. The van der Waals surface area contributed by atoms with Gasteiger partial charge in [-0.1, -0.05) is 6.92 Å². The quantitative estimate of drug-likeness (QED) is 0.676. The standard InChI is InChI=1S/C21H29F3N4O2/c1-12(19(25)20(29)28-9-8-15(23)11-28)13-2-5-16(6-3-13)26-21(30)27-18-7-4-14(22)10-17(18)24/h4,7,10,12-13,15-16,19H,2-3,5-6,8-9,11,25H2,1H3,(H2,26,27,30)/t12-,13?,15-,16?,19-/m0/s1. The third-order valence-electron chi connectivity index (χ3n) is 6.32. The summed E-state index contributed by atoms with van der Waals surface area (Å²) in [5.74, 6) is -1.54. The number of amides is 3. The second-order valence-corrected chi connectivity index (χ2v) is 8.39. The van der Waals surface area contributed by atoms with Crippen LogP contribution in [-0.2, 0) is 4.79 Å². The Morgan fingerprint density at radius 3 is 2.47 bits per heavy atom. The molecule has 1 saturated heterocycles. The Morgan fingerprint density at radius 1 is 1.17 bits per heavy atom. The Labute approximate surface area is 174 Å². The summed E-state index contributed by atoms with van der Waals surface area (Å²) >= 11 is 0. The zero-order valence-corrected chi connectivity index (χ0v) is 17.0. The van der Waals surface area contributed by atoms with E-state index in [1.54, 1.807) is 0 Å². The fraction of sp³-hybridized carbons (Fsp3) is 0.619. The average Bonchev–Trinajstić information content (AvgIpc) is 3.15. The van der Waals surface area contributed by atoms with Crippen molar-refractivity contribution < 1.29 is 22.8 Å². The van der Waals surface area contributed by atoms with Crippen molar-refractivity contribution in [2.75, 3.05) is 18.4 Å². The van der Waals surface area contributed by atoms with E-state index in [4.69, 9.17) is 5.73 Å². The highest BCUT2D eigenvalue weighted by atomic mass is 19.1. The second-order valence-electron chi connectivity index (χ2n) is 8.39.